The maximum Gasteiger partial charge on any atom is 0.129 e. The van der Waals surface area contributed by atoms with Gasteiger partial charge in [0.15, 0.2) is 0 Å². The molecule has 0 unspecified atom stereocenters. The minimum absolute atomic E-state index is 0.323. The Balaban J connectivity index is 2.70. The number of carboxylic acid groups (broad SMARTS) is 1. The number of hydrogen-bond donors (Lipinski definition) is 1. The summed E-state index contributed by atoms with van der Waals surface area (Å²) < 4.78 is 0.323. The second-order valence-electron chi connectivity index (χ2n) is 4.03. The fraction of sp³-hybridized carbons (Fsp3) is 0.875. The largest absolute Gasteiger partial charge is 0.544 e. The lowest BCUT2D eigenvalue weighted by atomic mass is 9.98. The number of aliphatic hydroxyl groups is 1. The van der Waals surface area contributed by atoms with Gasteiger partial charge in [0, 0.05) is 6.42 Å². The fourth-order valence-electron chi connectivity index (χ4n) is 1.86. The number of quaternary nitrogens is 1. The standard InChI is InChI=1S/C8H15NO3/c1-9(2)5-6(10)3-4-7(9)8(11)12/h6-7,10H,3-5H2,1-2H3/t6-,7+/m1/s1. The van der Waals surface area contributed by atoms with Gasteiger partial charge in [0.05, 0.1) is 20.1 Å². The van der Waals surface area contributed by atoms with Crippen molar-refractivity contribution in [3.05, 3.63) is 0 Å². The van der Waals surface area contributed by atoms with E-state index < -0.39 is 12.0 Å². The molecule has 70 valence electrons. The summed E-state index contributed by atoms with van der Waals surface area (Å²) in [5.74, 6) is -1.01. The monoisotopic (exact) mass is 173 g/mol. The first kappa shape index (κ1) is 9.48. The Labute approximate surface area is 72.0 Å². The fourth-order valence-corrected chi connectivity index (χ4v) is 1.86. The Bertz CT molecular complexity index is 191. The van der Waals surface area contributed by atoms with Crippen LogP contribution in [0.2, 0.25) is 0 Å². The molecule has 1 saturated heterocycles. The third kappa shape index (κ3) is 1.76. The molecule has 1 fully saturated rings. The molecule has 0 saturated carbocycles. The van der Waals surface area contributed by atoms with Crippen LogP contribution in [0, 0.1) is 0 Å². The molecule has 0 aromatic carbocycles. The molecule has 0 bridgehead atoms. The first-order valence-corrected chi connectivity index (χ1v) is 4.15. The molecule has 1 rings (SSSR count). The van der Waals surface area contributed by atoms with Crippen molar-refractivity contribution < 1.29 is 19.5 Å². The highest BCUT2D eigenvalue weighted by molar-refractivity contribution is 5.69. The van der Waals surface area contributed by atoms with Crippen LogP contribution in [0.3, 0.4) is 0 Å². The number of piperidine rings is 1. The Kier molecular flexibility index (Phi) is 2.39. The van der Waals surface area contributed by atoms with E-state index in [1.54, 1.807) is 0 Å². The average molecular weight is 173 g/mol. The predicted molar refractivity (Wildman–Crippen MR) is 41.0 cm³/mol. The number of hydrogen-bond acceptors (Lipinski definition) is 3. The molecule has 1 aliphatic rings. The molecule has 4 nitrogen and oxygen atoms in total. The van der Waals surface area contributed by atoms with Gasteiger partial charge < -0.3 is 19.5 Å². The molecule has 1 aliphatic heterocycles. The summed E-state index contributed by atoms with van der Waals surface area (Å²) in [6, 6.07) is -0.464. The van der Waals surface area contributed by atoms with E-state index in [2.05, 4.69) is 0 Å². The molecule has 1 heterocycles. The summed E-state index contributed by atoms with van der Waals surface area (Å²) >= 11 is 0. The van der Waals surface area contributed by atoms with Gasteiger partial charge in [-0.2, -0.15) is 0 Å². The number of carboxylic acids is 1. The van der Waals surface area contributed by atoms with E-state index >= 15 is 0 Å². The highest BCUT2D eigenvalue weighted by Crippen LogP contribution is 2.21. The lowest BCUT2D eigenvalue weighted by Gasteiger charge is -2.43. The molecule has 0 aliphatic carbocycles. The van der Waals surface area contributed by atoms with Crippen LogP contribution >= 0.6 is 0 Å². The average Bonchev–Trinajstić information content (AvgIpc) is 1.82. The lowest BCUT2D eigenvalue weighted by molar-refractivity contribution is -0.916. The smallest absolute Gasteiger partial charge is 0.129 e. The second-order valence-corrected chi connectivity index (χ2v) is 4.03. The van der Waals surface area contributed by atoms with Gasteiger partial charge in [-0.05, 0) is 6.42 Å². The van der Waals surface area contributed by atoms with E-state index in [9.17, 15) is 15.0 Å². The summed E-state index contributed by atoms with van der Waals surface area (Å²) in [6.07, 6.45) is 0.715. The molecule has 0 radical (unpaired) electrons. The number of likely N-dealkylation sites (tertiary alicyclic amines) is 1. The Morgan fingerprint density at radius 3 is 2.50 bits per heavy atom. The molecule has 0 aromatic rings. The van der Waals surface area contributed by atoms with Gasteiger partial charge in [-0.3, -0.25) is 0 Å². The Morgan fingerprint density at radius 2 is 2.08 bits per heavy atom. The number of likely N-dealkylation sites (N-methyl/N-ethyl adjacent to an activating group) is 1. The van der Waals surface area contributed by atoms with E-state index in [1.165, 1.54) is 0 Å². The zero-order valence-electron chi connectivity index (χ0n) is 7.49. The van der Waals surface area contributed by atoms with E-state index in [1.807, 2.05) is 14.1 Å². The van der Waals surface area contributed by atoms with Crippen LogP contribution in [-0.4, -0.2) is 48.3 Å². The van der Waals surface area contributed by atoms with Gasteiger partial charge in [0.2, 0.25) is 0 Å². The van der Waals surface area contributed by atoms with Gasteiger partial charge in [-0.25, -0.2) is 0 Å². The van der Waals surface area contributed by atoms with Crippen molar-refractivity contribution in [1.82, 2.24) is 0 Å². The van der Waals surface area contributed by atoms with Crippen LogP contribution in [0.15, 0.2) is 0 Å². The van der Waals surface area contributed by atoms with Crippen molar-refractivity contribution in [2.24, 2.45) is 0 Å². The van der Waals surface area contributed by atoms with Crippen LogP contribution in [0.25, 0.3) is 0 Å². The van der Waals surface area contributed by atoms with Crippen molar-refractivity contribution in [2.75, 3.05) is 20.6 Å². The van der Waals surface area contributed by atoms with E-state index in [4.69, 9.17) is 0 Å². The van der Waals surface area contributed by atoms with Gasteiger partial charge >= 0.3 is 0 Å². The summed E-state index contributed by atoms with van der Waals surface area (Å²) in [6.45, 7) is 0.499. The van der Waals surface area contributed by atoms with Crippen LogP contribution in [0.1, 0.15) is 12.8 Å². The number of aliphatic carboxylic acids is 1. The van der Waals surface area contributed by atoms with Crippen molar-refractivity contribution in [3.63, 3.8) is 0 Å². The molecule has 0 aromatic heterocycles. The zero-order valence-corrected chi connectivity index (χ0v) is 7.49. The van der Waals surface area contributed by atoms with Crippen molar-refractivity contribution >= 4 is 5.97 Å². The van der Waals surface area contributed by atoms with Crippen LogP contribution in [0.4, 0.5) is 0 Å². The maximum absolute atomic E-state index is 10.7. The third-order valence-electron chi connectivity index (χ3n) is 2.57. The highest BCUT2D eigenvalue weighted by atomic mass is 16.4. The number of carbonyl (C=O) groups excluding carboxylic acids is 1. The Hall–Kier alpha value is -0.610. The Morgan fingerprint density at radius 1 is 1.50 bits per heavy atom. The lowest BCUT2D eigenvalue weighted by Crippen LogP contribution is -2.62. The van der Waals surface area contributed by atoms with Gasteiger partial charge in [0.25, 0.3) is 0 Å². The van der Waals surface area contributed by atoms with Gasteiger partial charge in [-0.1, -0.05) is 0 Å². The normalized spacial score (nSPS) is 34.6. The SMILES string of the molecule is C[N+]1(C)C[C@H](O)CC[C@H]1C(=O)[O-]. The highest BCUT2D eigenvalue weighted by Gasteiger charge is 2.36. The van der Waals surface area contributed by atoms with Gasteiger partial charge in [0.1, 0.15) is 18.7 Å². The molecule has 1 N–H and O–H groups in total. The molecule has 0 amide bonds. The first-order valence-electron chi connectivity index (χ1n) is 4.15. The number of nitrogens with zero attached hydrogens (tertiary/aromatic N) is 1. The van der Waals surface area contributed by atoms with Gasteiger partial charge in [-0.15, -0.1) is 0 Å². The van der Waals surface area contributed by atoms with E-state index in [-0.39, 0.29) is 6.10 Å². The molecule has 0 spiro atoms. The first-order chi connectivity index (χ1) is 5.43. The van der Waals surface area contributed by atoms with Crippen LogP contribution in [0.5, 0.6) is 0 Å². The second kappa shape index (κ2) is 3.03. The number of carbonyl (C=O) groups is 1. The van der Waals surface area contributed by atoms with Crippen molar-refractivity contribution in [2.45, 2.75) is 25.0 Å². The topological polar surface area (TPSA) is 60.4 Å². The van der Waals surface area contributed by atoms with Crippen molar-refractivity contribution in [3.8, 4) is 0 Å². The quantitative estimate of drug-likeness (QED) is 0.483. The number of rotatable bonds is 1. The summed E-state index contributed by atoms with van der Waals surface area (Å²) in [5.41, 5.74) is 0. The summed E-state index contributed by atoms with van der Waals surface area (Å²) in [4.78, 5) is 10.7. The van der Waals surface area contributed by atoms with E-state index in [0.29, 0.717) is 23.9 Å². The zero-order chi connectivity index (χ0) is 9.35. The minimum Gasteiger partial charge on any atom is -0.544 e. The molecular formula is C8H15NO3. The molecule has 4 heteroatoms. The predicted octanol–water partition coefficient (Wildman–Crippen LogP) is -1.66. The summed E-state index contributed by atoms with van der Waals surface area (Å²) in [7, 11) is 3.62. The molecule has 2 atom stereocenters. The third-order valence-corrected chi connectivity index (χ3v) is 2.57. The molecule has 12 heavy (non-hydrogen) atoms. The van der Waals surface area contributed by atoms with Crippen LogP contribution in [-0.2, 0) is 4.79 Å². The molecular weight excluding hydrogens is 158 g/mol. The summed E-state index contributed by atoms with van der Waals surface area (Å²) in [5, 5.41) is 20.0. The van der Waals surface area contributed by atoms with E-state index in [0.717, 1.165) is 0 Å². The maximum atomic E-state index is 10.7. The van der Waals surface area contributed by atoms with Crippen LogP contribution < -0.4 is 5.11 Å². The van der Waals surface area contributed by atoms with Crippen molar-refractivity contribution in [1.29, 1.82) is 0 Å². The number of aliphatic hydroxyl groups excluding tert-OH is 1. The minimum atomic E-state index is -1.01.